The first kappa shape index (κ1) is 27.7. The second kappa shape index (κ2) is 15.3. The smallest absolute Gasteiger partial charge is 0.344 e. The average molecular weight is 500 g/mol. The first-order valence-corrected chi connectivity index (χ1v) is 13.0. The number of amides is 1. The van der Waals surface area contributed by atoms with Crippen LogP contribution in [0.1, 0.15) is 49.3 Å². The lowest BCUT2D eigenvalue weighted by atomic mass is 9.88. The van der Waals surface area contributed by atoms with Crippen LogP contribution in [0.25, 0.3) is 0 Å². The molecule has 0 heterocycles. The lowest BCUT2D eigenvalue weighted by Gasteiger charge is -2.25. The van der Waals surface area contributed by atoms with Gasteiger partial charge in [0, 0.05) is 19.0 Å². The Morgan fingerprint density at radius 2 is 1.57 bits per heavy atom. The molecular formula is C32H37NO4. The molecule has 0 saturated carbocycles. The van der Waals surface area contributed by atoms with E-state index in [0.717, 1.165) is 24.8 Å². The van der Waals surface area contributed by atoms with Crippen molar-refractivity contribution in [3.63, 3.8) is 0 Å². The maximum atomic E-state index is 12.9. The average Bonchev–Trinajstić information content (AvgIpc) is 2.93. The zero-order chi connectivity index (χ0) is 26.3. The molecule has 0 spiro atoms. The summed E-state index contributed by atoms with van der Waals surface area (Å²) >= 11 is 0. The number of allylic oxidation sites excluding steroid dienone is 1. The normalized spacial score (nSPS) is 11.0. The summed E-state index contributed by atoms with van der Waals surface area (Å²) in [6.07, 6.45) is 5.91. The van der Waals surface area contributed by atoms with Gasteiger partial charge in [-0.25, -0.2) is 4.79 Å². The first-order chi connectivity index (χ1) is 18.1. The van der Waals surface area contributed by atoms with Crippen molar-refractivity contribution < 1.29 is 19.1 Å². The molecule has 194 valence electrons. The molecule has 3 aromatic carbocycles. The molecule has 1 amide bonds. The summed E-state index contributed by atoms with van der Waals surface area (Å²) in [6, 6.07) is 28.7. The summed E-state index contributed by atoms with van der Waals surface area (Å²) in [6.45, 7) is 5.20. The predicted octanol–water partition coefficient (Wildman–Crippen LogP) is 6.19. The van der Waals surface area contributed by atoms with Gasteiger partial charge in [0.25, 0.3) is 0 Å². The highest BCUT2D eigenvalue weighted by Gasteiger charge is 2.18. The van der Waals surface area contributed by atoms with Crippen molar-refractivity contribution in [3.05, 3.63) is 114 Å². The van der Waals surface area contributed by atoms with Gasteiger partial charge in [0.2, 0.25) is 5.91 Å². The Balaban J connectivity index is 1.62. The third-order valence-corrected chi connectivity index (χ3v) is 6.17. The van der Waals surface area contributed by atoms with E-state index in [4.69, 9.17) is 9.47 Å². The monoisotopic (exact) mass is 499 g/mol. The second-order valence-electron chi connectivity index (χ2n) is 8.83. The molecule has 0 fully saturated rings. The molecule has 37 heavy (non-hydrogen) atoms. The Kier molecular flexibility index (Phi) is 11.5. The van der Waals surface area contributed by atoms with Crippen LogP contribution >= 0.6 is 0 Å². The van der Waals surface area contributed by atoms with E-state index in [9.17, 15) is 9.59 Å². The maximum Gasteiger partial charge on any atom is 0.344 e. The molecule has 3 rings (SSSR count). The standard InChI is InChI=1S/C32H37NO4/c1-3-13-31(34)33(22-12-15-26-14-11-20-29(24-26)37-25-32(35)36-4-2)23-21-30(27-16-7-5-8-17-27)28-18-9-6-10-19-28/h3,5-11,13-14,16-20,24,30H,4,12,15,21-23,25H2,1-2H3/b13-3+. The van der Waals surface area contributed by atoms with Crippen LogP contribution in [0, 0.1) is 0 Å². The van der Waals surface area contributed by atoms with E-state index in [1.54, 1.807) is 19.1 Å². The van der Waals surface area contributed by atoms with Crippen LogP contribution in [0.2, 0.25) is 0 Å². The molecule has 0 atom stereocenters. The van der Waals surface area contributed by atoms with Crippen molar-refractivity contribution in [1.29, 1.82) is 0 Å². The molecule has 0 aliphatic rings. The van der Waals surface area contributed by atoms with Crippen molar-refractivity contribution in [2.75, 3.05) is 26.3 Å². The van der Waals surface area contributed by atoms with Gasteiger partial charge >= 0.3 is 5.97 Å². The van der Waals surface area contributed by atoms with E-state index in [1.165, 1.54) is 11.1 Å². The van der Waals surface area contributed by atoms with Gasteiger partial charge < -0.3 is 14.4 Å². The number of aryl methyl sites for hydroxylation is 1. The fourth-order valence-corrected chi connectivity index (χ4v) is 4.37. The Morgan fingerprint density at radius 1 is 0.892 bits per heavy atom. The second-order valence-corrected chi connectivity index (χ2v) is 8.83. The number of esters is 1. The van der Waals surface area contributed by atoms with Gasteiger partial charge in [0.15, 0.2) is 6.61 Å². The topological polar surface area (TPSA) is 55.8 Å². The highest BCUT2D eigenvalue weighted by molar-refractivity contribution is 5.87. The molecule has 5 nitrogen and oxygen atoms in total. The Morgan fingerprint density at radius 3 is 2.19 bits per heavy atom. The van der Waals surface area contributed by atoms with Crippen LogP contribution in [0.15, 0.2) is 97.1 Å². The minimum atomic E-state index is -0.379. The summed E-state index contributed by atoms with van der Waals surface area (Å²) < 4.78 is 10.5. The Bertz CT molecular complexity index is 1090. The summed E-state index contributed by atoms with van der Waals surface area (Å²) in [5.41, 5.74) is 3.62. The molecule has 0 saturated heterocycles. The fourth-order valence-electron chi connectivity index (χ4n) is 4.37. The van der Waals surface area contributed by atoms with Crippen LogP contribution < -0.4 is 4.74 Å². The van der Waals surface area contributed by atoms with E-state index < -0.39 is 0 Å². The van der Waals surface area contributed by atoms with Gasteiger partial charge in [-0.05, 0) is 68.0 Å². The van der Waals surface area contributed by atoms with Crippen molar-refractivity contribution >= 4 is 11.9 Å². The van der Waals surface area contributed by atoms with Crippen LogP contribution in [-0.4, -0.2) is 43.1 Å². The van der Waals surface area contributed by atoms with Crippen LogP contribution in [0.5, 0.6) is 5.75 Å². The zero-order valence-electron chi connectivity index (χ0n) is 21.8. The summed E-state index contributed by atoms with van der Waals surface area (Å²) in [5, 5.41) is 0. The summed E-state index contributed by atoms with van der Waals surface area (Å²) in [4.78, 5) is 26.4. The molecule has 0 aliphatic carbocycles. The number of benzene rings is 3. The van der Waals surface area contributed by atoms with Gasteiger partial charge in [-0.1, -0.05) is 78.9 Å². The molecule has 3 aromatic rings. The molecular weight excluding hydrogens is 462 g/mol. The first-order valence-electron chi connectivity index (χ1n) is 13.0. The van der Waals surface area contributed by atoms with E-state index in [0.29, 0.717) is 25.4 Å². The van der Waals surface area contributed by atoms with Gasteiger partial charge in [0.1, 0.15) is 5.75 Å². The Hall–Kier alpha value is -3.86. The lowest BCUT2D eigenvalue weighted by Crippen LogP contribution is -2.32. The SMILES string of the molecule is C/C=C/C(=O)N(CCCc1cccc(OCC(=O)OCC)c1)CCC(c1ccccc1)c1ccccc1. The van der Waals surface area contributed by atoms with Gasteiger partial charge in [-0.3, -0.25) is 4.79 Å². The molecule has 0 bridgehead atoms. The third kappa shape index (κ3) is 9.26. The zero-order valence-corrected chi connectivity index (χ0v) is 21.8. The molecule has 0 aliphatic heterocycles. The minimum absolute atomic E-state index is 0.0360. The van der Waals surface area contributed by atoms with Crippen LogP contribution in [0.4, 0.5) is 0 Å². The van der Waals surface area contributed by atoms with Crippen molar-refractivity contribution in [1.82, 2.24) is 4.90 Å². The molecule has 5 heteroatoms. The highest BCUT2D eigenvalue weighted by atomic mass is 16.6. The fraction of sp³-hybridized carbons (Fsp3) is 0.312. The number of hydrogen-bond donors (Lipinski definition) is 0. The van der Waals surface area contributed by atoms with Crippen molar-refractivity contribution in [2.45, 2.75) is 39.0 Å². The molecule has 0 radical (unpaired) electrons. The molecule has 0 unspecified atom stereocenters. The van der Waals surface area contributed by atoms with Crippen LogP contribution in [-0.2, 0) is 20.7 Å². The number of rotatable bonds is 14. The maximum absolute atomic E-state index is 12.9. The third-order valence-electron chi connectivity index (χ3n) is 6.17. The number of carbonyl (C=O) groups is 2. The molecule has 0 N–H and O–H groups in total. The summed E-state index contributed by atoms with van der Waals surface area (Å²) in [5.74, 6) is 0.516. The van der Waals surface area contributed by atoms with Crippen LogP contribution in [0.3, 0.4) is 0 Å². The largest absolute Gasteiger partial charge is 0.482 e. The Labute approximate surface area is 220 Å². The van der Waals surface area contributed by atoms with E-state index in [-0.39, 0.29) is 24.4 Å². The van der Waals surface area contributed by atoms with Gasteiger partial charge in [-0.2, -0.15) is 0 Å². The van der Waals surface area contributed by atoms with Crippen molar-refractivity contribution in [2.24, 2.45) is 0 Å². The number of hydrogen-bond acceptors (Lipinski definition) is 4. The van der Waals surface area contributed by atoms with E-state index in [2.05, 4.69) is 48.5 Å². The highest BCUT2D eigenvalue weighted by Crippen LogP contribution is 2.28. The predicted molar refractivity (Wildman–Crippen MR) is 148 cm³/mol. The quantitative estimate of drug-likeness (QED) is 0.196. The van der Waals surface area contributed by atoms with Gasteiger partial charge in [0.05, 0.1) is 6.61 Å². The number of ether oxygens (including phenoxy) is 2. The summed E-state index contributed by atoms with van der Waals surface area (Å²) in [7, 11) is 0. The van der Waals surface area contributed by atoms with Gasteiger partial charge in [-0.15, -0.1) is 0 Å². The lowest BCUT2D eigenvalue weighted by molar-refractivity contribution is -0.145. The van der Waals surface area contributed by atoms with Crippen molar-refractivity contribution in [3.8, 4) is 5.75 Å². The molecule has 0 aromatic heterocycles. The number of nitrogens with zero attached hydrogens (tertiary/aromatic N) is 1. The number of carbonyl (C=O) groups excluding carboxylic acids is 2. The van der Waals surface area contributed by atoms with E-state index >= 15 is 0 Å². The van der Waals surface area contributed by atoms with E-state index in [1.807, 2.05) is 48.2 Å². The minimum Gasteiger partial charge on any atom is -0.482 e.